The first kappa shape index (κ1) is 13.7. The fourth-order valence-corrected chi connectivity index (χ4v) is 2.51. The highest BCUT2D eigenvalue weighted by Crippen LogP contribution is 2.31. The Balaban J connectivity index is 1.81. The van der Waals surface area contributed by atoms with Crippen molar-refractivity contribution < 1.29 is 4.79 Å². The summed E-state index contributed by atoms with van der Waals surface area (Å²) >= 11 is 0. The van der Waals surface area contributed by atoms with Crippen molar-refractivity contribution in [2.24, 2.45) is 0 Å². The summed E-state index contributed by atoms with van der Waals surface area (Å²) in [5.74, 6) is 0.704. The van der Waals surface area contributed by atoms with Crippen LogP contribution in [-0.4, -0.2) is 21.2 Å². The molecule has 1 amide bonds. The number of fused-ring (bicyclic) bond motifs is 1. The van der Waals surface area contributed by atoms with Crippen molar-refractivity contribution in [2.45, 2.75) is 38.9 Å². The number of aromatic nitrogens is 2. The molecular weight excluding hydrogens is 264 g/mol. The second kappa shape index (κ2) is 4.91. The summed E-state index contributed by atoms with van der Waals surface area (Å²) in [6, 6.07) is 10.4. The van der Waals surface area contributed by atoms with Crippen molar-refractivity contribution in [3.63, 3.8) is 0 Å². The first-order chi connectivity index (χ1) is 9.94. The fourth-order valence-electron chi connectivity index (χ4n) is 2.51. The third-order valence-corrected chi connectivity index (χ3v) is 3.44. The van der Waals surface area contributed by atoms with Crippen LogP contribution in [0, 0.1) is 0 Å². The van der Waals surface area contributed by atoms with Gasteiger partial charge in [0.05, 0.1) is 18.8 Å². The van der Waals surface area contributed by atoms with Gasteiger partial charge < -0.3 is 10.6 Å². The second-order valence-electron chi connectivity index (χ2n) is 6.40. The Bertz CT molecular complexity index is 655. The molecule has 1 aromatic carbocycles. The molecule has 1 aliphatic rings. The first-order valence-electron chi connectivity index (χ1n) is 7.14. The minimum Gasteiger partial charge on any atom is -0.361 e. The molecule has 21 heavy (non-hydrogen) atoms. The standard InChI is InChI=1S/C16H20N4O/c1-16(2,3)19-15(21)12-9-17-20-10-13(18-14(12)20)11-7-5-4-6-8-11/h4-9,13,18H,10H2,1-3H3,(H,19,21). The Hall–Kier alpha value is -2.30. The van der Waals surface area contributed by atoms with E-state index in [9.17, 15) is 4.79 Å². The number of hydrogen-bond donors (Lipinski definition) is 2. The number of rotatable bonds is 2. The Morgan fingerprint density at radius 3 is 2.71 bits per heavy atom. The molecule has 2 aromatic rings. The maximum Gasteiger partial charge on any atom is 0.257 e. The predicted molar refractivity (Wildman–Crippen MR) is 82.3 cm³/mol. The number of nitrogens with zero attached hydrogens (tertiary/aromatic N) is 2. The van der Waals surface area contributed by atoms with Gasteiger partial charge >= 0.3 is 0 Å². The van der Waals surface area contributed by atoms with E-state index in [1.54, 1.807) is 6.20 Å². The quantitative estimate of drug-likeness (QED) is 0.891. The molecule has 0 saturated carbocycles. The second-order valence-corrected chi connectivity index (χ2v) is 6.40. The molecule has 1 aliphatic heterocycles. The Morgan fingerprint density at radius 2 is 2.05 bits per heavy atom. The van der Waals surface area contributed by atoms with Crippen LogP contribution in [0.25, 0.3) is 0 Å². The van der Waals surface area contributed by atoms with Gasteiger partial charge in [0, 0.05) is 5.54 Å². The molecule has 1 aromatic heterocycles. The van der Waals surface area contributed by atoms with E-state index in [4.69, 9.17) is 0 Å². The summed E-state index contributed by atoms with van der Waals surface area (Å²) in [5.41, 5.74) is 1.54. The number of anilines is 1. The van der Waals surface area contributed by atoms with Gasteiger partial charge in [0.2, 0.25) is 0 Å². The molecule has 1 unspecified atom stereocenters. The molecule has 0 spiro atoms. The molecule has 0 aliphatic carbocycles. The number of nitrogens with one attached hydrogen (secondary N) is 2. The van der Waals surface area contributed by atoms with Gasteiger partial charge in [-0.25, -0.2) is 4.68 Å². The highest BCUT2D eigenvalue weighted by Gasteiger charge is 2.29. The number of carbonyl (C=O) groups is 1. The molecule has 2 heterocycles. The lowest BCUT2D eigenvalue weighted by Crippen LogP contribution is -2.40. The number of benzene rings is 1. The number of amides is 1. The van der Waals surface area contributed by atoms with E-state index in [1.807, 2.05) is 43.7 Å². The van der Waals surface area contributed by atoms with E-state index in [-0.39, 0.29) is 17.5 Å². The van der Waals surface area contributed by atoms with Crippen LogP contribution in [0.5, 0.6) is 0 Å². The Morgan fingerprint density at radius 1 is 1.33 bits per heavy atom. The summed E-state index contributed by atoms with van der Waals surface area (Å²) in [6.45, 7) is 6.64. The van der Waals surface area contributed by atoms with Crippen LogP contribution in [0.2, 0.25) is 0 Å². The first-order valence-corrected chi connectivity index (χ1v) is 7.14. The maximum atomic E-state index is 12.3. The van der Waals surface area contributed by atoms with Gasteiger partial charge in [0.25, 0.3) is 5.91 Å². The average molecular weight is 284 g/mol. The predicted octanol–water partition coefficient (Wildman–Crippen LogP) is 2.58. The van der Waals surface area contributed by atoms with E-state index in [0.29, 0.717) is 5.56 Å². The minimum atomic E-state index is -0.261. The van der Waals surface area contributed by atoms with Gasteiger partial charge in [-0.15, -0.1) is 0 Å². The summed E-state index contributed by atoms with van der Waals surface area (Å²) in [5, 5.41) is 10.7. The van der Waals surface area contributed by atoms with Gasteiger partial charge in [-0.05, 0) is 26.3 Å². The van der Waals surface area contributed by atoms with Crippen molar-refractivity contribution >= 4 is 11.7 Å². The molecule has 0 saturated heterocycles. The van der Waals surface area contributed by atoms with Gasteiger partial charge in [-0.2, -0.15) is 5.10 Å². The van der Waals surface area contributed by atoms with Crippen LogP contribution < -0.4 is 10.6 Å². The highest BCUT2D eigenvalue weighted by atomic mass is 16.1. The lowest BCUT2D eigenvalue weighted by Gasteiger charge is -2.20. The smallest absolute Gasteiger partial charge is 0.257 e. The Kier molecular flexibility index (Phi) is 3.20. The third-order valence-electron chi connectivity index (χ3n) is 3.44. The molecule has 1 atom stereocenters. The van der Waals surface area contributed by atoms with Crippen molar-refractivity contribution in [3.8, 4) is 0 Å². The SMILES string of the molecule is CC(C)(C)NC(=O)c1cnn2c1NC(c1ccccc1)C2. The minimum absolute atomic E-state index is 0.0926. The number of carbonyl (C=O) groups excluding carboxylic acids is 1. The van der Waals surface area contributed by atoms with Crippen LogP contribution >= 0.6 is 0 Å². The van der Waals surface area contributed by atoms with E-state index >= 15 is 0 Å². The monoisotopic (exact) mass is 284 g/mol. The number of hydrogen-bond acceptors (Lipinski definition) is 3. The molecule has 5 nitrogen and oxygen atoms in total. The zero-order valence-corrected chi connectivity index (χ0v) is 12.6. The average Bonchev–Trinajstić information content (AvgIpc) is 2.96. The van der Waals surface area contributed by atoms with Crippen LogP contribution in [0.3, 0.4) is 0 Å². The molecule has 0 radical (unpaired) electrons. The van der Waals surface area contributed by atoms with Crippen molar-refractivity contribution in [1.82, 2.24) is 15.1 Å². The van der Waals surface area contributed by atoms with E-state index in [2.05, 4.69) is 27.9 Å². The lowest BCUT2D eigenvalue weighted by molar-refractivity contribution is 0.0920. The third kappa shape index (κ3) is 2.77. The lowest BCUT2D eigenvalue weighted by atomic mass is 10.1. The van der Waals surface area contributed by atoms with Gasteiger partial charge in [-0.3, -0.25) is 4.79 Å². The van der Waals surface area contributed by atoms with E-state index in [1.165, 1.54) is 5.56 Å². The highest BCUT2D eigenvalue weighted by molar-refractivity contribution is 5.99. The van der Waals surface area contributed by atoms with E-state index in [0.717, 1.165) is 12.4 Å². The fraction of sp³-hybridized carbons (Fsp3) is 0.375. The molecule has 5 heteroatoms. The van der Waals surface area contributed by atoms with Crippen LogP contribution in [0.15, 0.2) is 36.5 Å². The van der Waals surface area contributed by atoms with Crippen molar-refractivity contribution in [2.75, 3.05) is 5.32 Å². The Labute approximate surface area is 124 Å². The largest absolute Gasteiger partial charge is 0.361 e. The van der Waals surface area contributed by atoms with Crippen molar-refractivity contribution in [1.29, 1.82) is 0 Å². The molecule has 2 N–H and O–H groups in total. The van der Waals surface area contributed by atoms with Gasteiger partial charge in [-0.1, -0.05) is 30.3 Å². The molecular formula is C16H20N4O. The molecule has 0 fully saturated rings. The zero-order chi connectivity index (χ0) is 15.0. The molecule has 3 rings (SSSR count). The van der Waals surface area contributed by atoms with Crippen LogP contribution in [0.4, 0.5) is 5.82 Å². The topological polar surface area (TPSA) is 59.0 Å². The summed E-state index contributed by atoms with van der Waals surface area (Å²) in [4.78, 5) is 12.3. The summed E-state index contributed by atoms with van der Waals surface area (Å²) in [6.07, 6.45) is 1.63. The molecule has 0 bridgehead atoms. The van der Waals surface area contributed by atoms with Crippen molar-refractivity contribution in [3.05, 3.63) is 47.7 Å². The van der Waals surface area contributed by atoms with Crippen LogP contribution in [-0.2, 0) is 6.54 Å². The maximum absolute atomic E-state index is 12.3. The zero-order valence-electron chi connectivity index (χ0n) is 12.6. The van der Waals surface area contributed by atoms with E-state index < -0.39 is 0 Å². The summed E-state index contributed by atoms with van der Waals surface area (Å²) < 4.78 is 1.86. The summed E-state index contributed by atoms with van der Waals surface area (Å²) in [7, 11) is 0. The normalized spacial score (nSPS) is 17.2. The molecule has 110 valence electrons. The van der Waals surface area contributed by atoms with Crippen LogP contribution in [0.1, 0.15) is 42.7 Å². The van der Waals surface area contributed by atoms with Gasteiger partial charge in [0.15, 0.2) is 0 Å². The van der Waals surface area contributed by atoms with Gasteiger partial charge in [0.1, 0.15) is 11.4 Å².